The lowest BCUT2D eigenvalue weighted by Crippen LogP contribution is -2.33. The first-order chi connectivity index (χ1) is 9.49. The number of ether oxygens (including phenoxy) is 1. The minimum Gasteiger partial charge on any atom is -0.483 e. The Kier molecular flexibility index (Phi) is 2.89. The van der Waals surface area contributed by atoms with Crippen LogP contribution in [0.1, 0.15) is 31.9 Å². The van der Waals surface area contributed by atoms with Crippen LogP contribution in [0.15, 0.2) is 54.1 Å². The molecule has 0 fully saturated rings. The van der Waals surface area contributed by atoms with E-state index < -0.39 is 0 Å². The van der Waals surface area contributed by atoms with Gasteiger partial charge in [-0.05, 0) is 55.7 Å². The first-order valence-electron chi connectivity index (χ1n) is 6.75. The van der Waals surface area contributed by atoms with E-state index in [2.05, 4.69) is 20.8 Å². The zero-order valence-electron chi connectivity index (χ0n) is 11.9. The highest BCUT2D eigenvalue weighted by molar-refractivity contribution is 5.86. The smallest absolute Gasteiger partial charge is 0.128 e. The fourth-order valence-electron chi connectivity index (χ4n) is 2.61. The van der Waals surface area contributed by atoms with Crippen molar-refractivity contribution in [2.75, 3.05) is 0 Å². The van der Waals surface area contributed by atoms with Crippen molar-refractivity contribution in [1.29, 1.82) is 0 Å². The number of hydrogen-bond donors (Lipinski definition) is 0. The zero-order chi connectivity index (χ0) is 14.3. The summed E-state index contributed by atoms with van der Waals surface area (Å²) in [6.07, 6.45) is 0. The molecular weight excluding hydrogens is 251 g/mol. The summed E-state index contributed by atoms with van der Waals surface area (Å²) in [7, 11) is 0. The molecule has 102 valence electrons. The van der Waals surface area contributed by atoms with E-state index in [1.165, 1.54) is 12.1 Å². The molecule has 0 unspecified atom stereocenters. The van der Waals surface area contributed by atoms with E-state index in [-0.39, 0.29) is 11.4 Å². The van der Waals surface area contributed by atoms with Crippen molar-refractivity contribution >= 4 is 5.57 Å². The minimum absolute atomic E-state index is 0.216. The van der Waals surface area contributed by atoms with E-state index in [1.807, 2.05) is 36.4 Å². The Labute approximate surface area is 118 Å². The molecule has 0 bridgehead atoms. The van der Waals surface area contributed by atoms with Crippen LogP contribution in [0.25, 0.3) is 5.57 Å². The van der Waals surface area contributed by atoms with Gasteiger partial charge in [0, 0.05) is 5.56 Å². The molecule has 0 spiro atoms. The van der Waals surface area contributed by atoms with Crippen molar-refractivity contribution in [3.05, 3.63) is 71.0 Å². The Bertz CT molecular complexity index is 681. The molecule has 2 aromatic rings. The molecule has 2 aromatic carbocycles. The van der Waals surface area contributed by atoms with E-state index in [0.29, 0.717) is 0 Å². The maximum atomic E-state index is 13.2. The molecule has 2 heteroatoms. The molecule has 0 atom stereocenters. The average Bonchev–Trinajstić information content (AvgIpc) is 2.41. The molecule has 0 N–H and O–H groups in total. The lowest BCUT2D eigenvalue weighted by Gasteiger charge is -2.36. The van der Waals surface area contributed by atoms with Gasteiger partial charge in [-0.2, -0.15) is 0 Å². The molecule has 3 rings (SSSR count). The lowest BCUT2D eigenvalue weighted by atomic mass is 9.84. The van der Waals surface area contributed by atoms with E-state index in [4.69, 9.17) is 4.74 Å². The van der Waals surface area contributed by atoms with Crippen LogP contribution in [-0.2, 0) is 0 Å². The molecule has 0 amide bonds. The SMILES string of the molecule is CC1=C(c2ccc(F)cc2)c2ccccc2OC1(C)C. The van der Waals surface area contributed by atoms with Crippen molar-refractivity contribution in [2.24, 2.45) is 0 Å². The van der Waals surface area contributed by atoms with Gasteiger partial charge in [0.25, 0.3) is 0 Å². The Morgan fingerprint density at radius 1 is 0.950 bits per heavy atom. The number of para-hydroxylation sites is 1. The summed E-state index contributed by atoms with van der Waals surface area (Å²) in [5, 5.41) is 0. The third-order valence-corrected chi connectivity index (χ3v) is 3.93. The Balaban J connectivity index is 2.26. The minimum atomic E-state index is -0.363. The van der Waals surface area contributed by atoms with Crippen LogP contribution < -0.4 is 4.74 Å². The molecule has 0 saturated heterocycles. The maximum absolute atomic E-state index is 13.2. The van der Waals surface area contributed by atoms with Gasteiger partial charge in [-0.3, -0.25) is 0 Å². The first kappa shape index (κ1) is 12.9. The maximum Gasteiger partial charge on any atom is 0.128 e. The van der Waals surface area contributed by atoms with Gasteiger partial charge in [0.2, 0.25) is 0 Å². The molecule has 0 aromatic heterocycles. The number of benzene rings is 2. The van der Waals surface area contributed by atoms with E-state index >= 15 is 0 Å². The van der Waals surface area contributed by atoms with Crippen LogP contribution in [0.5, 0.6) is 5.75 Å². The van der Waals surface area contributed by atoms with Crippen LogP contribution >= 0.6 is 0 Å². The molecule has 20 heavy (non-hydrogen) atoms. The molecule has 1 nitrogen and oxygen atoms in total. The van der Waals surface area contributed by atoms with Gasteiger partial charge in [-0.1, -0.05) is 30.3 Å². The van der Waals surface area contributed by atoms with Crippen molar-refractivity contribution in [3.63, 3.8) is 0 Å². The predicted octanol–water partition coefficient (Wildman–Crippen LogP) is 4.82. The van der Waals surface area contributed by atoms with Gasteiger partial charge in [0.05, 0.1) is 0 Å². The number of rotatable bonds is 1. The molecule has 1 heterocycles. The van der Waals surface area contributed by atoms with Crippen molar-refractivity contribution in [3.8, 4) is 5.75 Å². The highest BCUT2D eigenvalue weighted by Crippen LogP contribution is 2.43. The monoisotopic (exact) mass is 268 g/mol. The molecule has 1 aliphatic rings. The summed E-state index contributed by atoms with van der Waals surface area (Å²) in [5.41, 5.74) is 4.02. The van der Waals surface area contributed by atoms with Crippen LogP contribution in [0.3, 0.4) is 0 Å². The Morgan fingerprint density at radius 3 is 2.30 bits per heavy atom. The van der Waals surface area contributed by atoms with Gasteiger partial charge in [0.15, 0.2) is 0 Å². The topological polar surface area (TPSA) is 9.23 Å². The molecular formula is C18H17FO. The highest BCUT2D eigenvalue weighted by atomic mass is 19.1. The quantitative estimate of drug-likeness (QED) is 0.720. The lowest BCUT2D eigenvalue weighted by molar-refractivity contribution is 0.144. The molecule has 0 aliphatic carbocycles. The second-order valence-electron chi connectivity index (χ2n) is 5.62. The summed E-state index contributed by atoms with van der Waals surface area (Å²) in [4.78, 5) is 0. The summed E-state index contributed by atoms with van der Waals surface area (Å²) in [5.74, 6) is 0.661. The number of halogens is 1. The van der Waals surface area contributed by atoms with Crippen molar-refractivity contribution < 1.29 is 9.13 Å². The van der Waals surface area contributed by atoms with Gasteiger partial charge in [-0.25, -0.2) is 4.39 Å². The highest BCUT2D eigenvalue weighted by Gasteiger charge is 2.32. The molecule has 1 aliphatic heterocycles. The number of fused-ring (bicyclic) bond motifs is 1. The van der Waals surface area contributed by atoms with Gasteiger partial charge in [0.1, 0.15) is 17.2 Å². The van der Waals surface area contributed by atoms with E-state index in [0.717, 1.165) is 28.0 Å². The third kappa shape index (κ3) is 2.01. The fourth-order valence-corrected chi connectivity index (χ4v) is 2.61. The van der Waals surface area contributed by atoms with E-state index in [9.17, 15) is 4.39 Å². The standard InChI is InChI=1S/C18H17FO/c1-12-17(13-8-10-14(19)11-9-13)15-6-4-5-7-16(15)20-18(12,2)3/h4-11H,1-3H3. The Morgan fingerprint density at radius 2 is 1.60 bits per heavy atom. The third-order valence-electron chi connectivity index (χ3n) is 3.93. The number of hydrogen-bond acceptors (Lipinski definition) is 1. The summed E-state index contributed by atoms with van der Waals surface area (Å²) in [6, 6.07) is 14.6. The van der Waals surface area contributed by atoms with Gasteiger partial charge < -0.3 is 4.74 Å². The summed E-state index contributed by atoms with van der Waals surface area (Å²) in [6.45, 7) is 6.19. The molecule has 0 radical (unpaired) electrons. The van der Waals surface area contributed by atoms with Crippen LogP contribution in [0.4, 0.5) is 4.39 Å². The zero-order valence-corrected chi connectivity index (χ0v) is 11.9. The normalized spacial score (nSPS) is 16.6. The second-order valence-corrected chi connectivity index (χ2v) is 5.62. The average molecular weight is 268 g/mol. The molecule has 0 saturated carbocycles. The van der Waals surface area contributed by atoms with Crippen molar-refractivity contribution in [1.82, 2.24) is 0 Å². The van der Waals surface area contributed by atoms with Crippen molar-refractivity contribution in [2.45, 2.75) is 26.4 Å². The fraction of sp³-hybridized carbons (Fsp3) is 0.222. The summed E-state index contributed by atoms with van der Waals surface area (Å²) < 4.78 is 19.2. The second kappa shape index (κ2) is 4.48. The van der Waals surface area contributed by atoms with Crippen LogP contribution in [-0.4, -0.2) is 5.60 Å². The van der Waals surface area contributed by atoms with Gasteiger partial charge >= 0.3 is 0 Å². The first-order valence-corrected chi connectivity index (χ1v) is 6.75. The largest absolute Gasteiger partial charge is 0.483 e. The van der Waals surface area contributed by atoms with Gasteiger partial charge in [-0.15, -0.1) is 0 Å². The Hall–Kier alpha value is -2.09. The predicted molar refractivity (Wildman–Crippen MR) is 79.2 cm³/mol. The van der Waals surface area contributed by atoms with Crippen LogP contribution in [0.2, 0.25) is 0 Å². The van der Waals surface area contributed by atoms with E-state index in [1.54, 1.807) is 0 Å². The van der Waals surface area contributed by atoms with Crippen LogP contribution in [0, 0.1) is 5.82 Å². The summed E-state index contributed by atoms with van der Waals surface area (Å²) >= 11 is 0.